The maximum Gasteiger partial charge on any atom is 0.227 e. The van der Waals surface area contributed by atoms with Crippen molar-refractivity contribution >= 4 is 40.5 Å². The molecule has 29 heavy (non-hydrogen) atoms. The first kappa shape index (κ1) is 21.2. The number of nitrogens with one attached hydrogen (secondary N) is 1. The molecule has 1 N–H and O–H groups in total. The van der Waals surface area contributed by atoms with Crippen molar-refractivity contribution in [1.82, 2.24) is 4.90 Å². The molecule has 0 aliphatic carbocycles. The molecule has 0 aliphatic rings. The molecule has 0 atom stereocenters. The Morgan fingerprint density at radius 1 is 0.897 bits per heavy atom. The maximum absolute atomic E-state index is 12.9. The van der Waals surface area contributed by atoms with Gasteiger partial charge in [0.05, 0.1) is 22.2 Å². The van der Waals surface area contributed by atoms with Crippen LogP contribution in [0.3, 0.4) is 0 Å². The highest BCUT2D eigenvalue weighted by atomic mass is 35.5. The number of amides is 1. The summed E-state index contributed by atoms with van der Waals surface area (Å²) in [6.45, 7) is 3.39. The average Bonchev–Trinajstić information content (AvgIpc) is 2.73. The lowest BCUT2D eigenvalue weighted by molar-refractivity contribution is -0.130. The SMILES string of the molecule is CCN(CCc1ccccc1)C(=O)Cc1ccccc1Nc1c(Cl)cccc1Cl. The summed E-state index contributed by atoms with van der Waals surface area (Å²) in [6, 6.07) is 23.3. The van der Waals surface area contributed by atoms with Crippen molar-refractivity contribution in [2.24, 2.45) is 0 Å². The summed E-state index contributed by atoms with van der Waals surface area (Å²) in [5.74, 6) is 0.0999. The Balaban J connectivity index is 1.71. The van der Waals surface area contributed by atoms with Crippen LogP contribution in [0.2, 0.25) is 10.0 Å². The molecule has 0 aromatic heterocycles. The van der Waals surface area contributed by atoms with Crippen molar-refractivity contribution in [2.45, 2.75) is 19.8 Å². The standard InChI is InChI=1S/C24H24Cl2N2O/c1-2-28(16-15-18-9-4-3-5-10-18)23(29)17-19-11-6-7-14-22(19)27-24-20(25)12-8-13-21(24)26/h3-14,27H,2,15-17H2,1H3. The van der Waals surface area contributed by atoms with Crippen molar-refractivity contribution in [3.63, 3.8) is 0 Å². The fourth-order valence-electron chi connectivity index (χ4n) is 3.19. The van der Waals surface area contributed by atoms with Crippen molar-refractivity contribution in [1.29, 1.82) is 0 Å². The molecular formula is C24H24Cl2N2O. The summed E-state index contributed by atoms with van der Waals surface area (Å²) in [5.41, 5.74) is 3.61. The monoisotopic (exact) mass is 426 g/mol. The number of hydrogen-bond acceptors (Lipinski definition) is 2. The molecule has 3 aromatic carbocycles. The molecule has 5 heteroatoms. The molecule has 0 spiro atoms. The third-order valence-electron chi connectivity index (χ3n) is 4.83. The van der Waals surface area contributed by atoms with Gasteiger partial charge in [0.2, 0.25) is 5.91 Å². The van der Waals surface area contributed by atoms with E-state index in [1.807, 2.05) is 54.3 Å². The lowest BCUT2D eigenvalue weighted by Gasteiger charge is -2.22. The minimum Gasteiger partial charge on any atom is -0.353 e. The number of carbonyl (C=O) groups excluding carboxylic acids is 1. The lowest BCUT2D eigenvalue weighted by Crippen LogP contribution is -2.34. The number of benzene rings is 3. The zero-order chi connectivity index (χ0) is 20.6. The van der Waals surface area contributed by atoms with Crippen LogP contribution in [0.5, 0.6) is 0 Å². The summed E-state index contributed by atoms with van der Waals surface area (Å²) in [4.78, 5) is 14.8. The Hall–Kier alpha value is -2.49. The average molecular weight is 427 g/mol. The van der Waals surface area contributed by atoms with Crippen molar-refractivity contribution in [2.75, 3.05) is 18.4 Å². The fraction of sp³-hybridized carbons (Fsp3) is 0.208. The van der Waals surface area contributed by atoms with Gasteiger partial charge in [0.25, 0.3) is 0 Å². The van der Waals surface area contributed by atoms with Gasteiger partial charge in [-0.15, -0.1) is 0 Å². The zero-order valence-corrected chi connectivity index (χ0v) is 17.9. The van der Waals surface area contributed by atoms with Gasteiger partial charge in [-0.2, -0.15) is 0 Å². The van der Waals surface area contributed by atoms with Crippen LogP contribution in [-0.2, 0) is 17.6 Å². The third kappa shape index (κ3) is 5.75. The summed E-state index contributed by atoms with van der Waals surface area (Å²) in [6.07, 6.45) is 1.16. The van der Waals surface area contributed by atoms with Gasteiger partial charge in [-0.25, -0.2) is 0 Å². The highest BCUT2D eigenvalue weighted by Gasteiger charge is 2.15. The quantitative estimate of drug-likeness (QED) is 0.453. The van der Waals surface area contributed by atoms with Crippen LogP contribution in [0.15, 0.2) is 72.8 Å². The number of nitrogens with zero attached hydrogens (tertiary/aromatic N) is 1. The molecule has 3 rings (SSSR count). The summed E-state index contributed by atoms with van der Waals surface area (Å²) >= 11 is 12.6. The van der Waals surface area contributed by atoms with Crippen LogP contribution < -0.4 is 5.32 Å². The molecule has 0 saturated carbocycles. The summed E-state index contributed by atoms with van der Waals surface area (Å²) in [7, 11) is 0. The predicted molar refractivity (Wildman–Crippen MR) is 122 cm³/mol. The Morgan fingerprint density at radius 3 is 2.24 bits per heavy atom. The molecule has 0 radical (unpaired) electrons. The molecular weight excluding hydrogens is 403 g/mol. The van der Waals surface area contributed by atoms with E-state index in [0.717, 1.165) is 17.7 Å². The first-order valence-electron chi connectivity index (χ1n) is 9.69. The first-order valence-corrected chi connectivity index (χ1v) is 10.4. The van der Waals surface area contributed by atoms with Crippen molar-refractivity contribution in [3.8, 4) is 0 Å². The van der Waals surface area contributed by atoms with Gasteiger partial charge >= 0.3 is 0 Å². The Morgan fingerprint density at radius 2 is 1.55 bits per heavy atom. The van der Waals surface area contributed by atoms with E-state index in [-0.39, 0.29) is 5.91 Å². The molecule has 0 fully saturated rings. The van der Waals surface area contributed by atoms with Crippen LogP contribution in [0, 0.1) is 0 Å². The van der Waals surface area contributed by atoms with E-state index in [1.54, 1.807) is 18.2 Å². The number of carbonyl (C=O) groups is 1. The molecule has 0 heterocycles. The van der Waals surface area contributed by atoms with E-state index in [1.165, 1.54) is 5.56 Å². The van der Waals surface area contributed by atoms with Gasteiger partial charge < -0.3 is 10.2 Å². The molecule has 1 amide bonds. The Kier molecular flexibility index (Phi) is 7.56. The molecule has 3 nitrogen and oxygen atoms in total. The van der Waals surface area contributed by atoms with Gasteiger partial charge in [-0.1, -0.05) is 77.8 Å². The lowest BCUT2D eigenvalue weighted by atomic mass is 10.1. The van der Waals surface area contributed by atoms with Gasteiger partial charge in [0.1, 0.15) is 0 Å². The fourth-order valence-corrected chi connectivity index (χ4v) is 3.68. The summed E-state index contributed by atoms with van der Waals surface area (Å²) in [5, 5.41) is 4.37. The van der Waals surface area contributed by atoms with E-state index < -0.39 is 0 Å². The molecule has 0 aliphatic heterocycles. The molecule has 150 valence electrons. The normalized spacial score (nSPS) is 10.6. The number of halogens is 2. The van der Waals surface area contributed by atoms with Gasteiger partial charge in [0.15, 0.2) is 0 Å². The number of hydrogen-bond donors (Lipinski definition) is 1. The Bertz CT molecular complexity index is 940. The zero-order valence-electron chi connectivity index (χ0n) is 16.4. The van der Waals surface area contributed by atoms with E-state index in [4.69, 9.17) is 23.2 Å². The maximum atomic E-state index is 12.9. The number of likely N-dealkylation sites (N-methyl/N-ethyl adjacent to an activating group) is 1. The molecule has 0 bridgehead atoms. The molecule has 0 unspecified atom stereocenters. The van der Waals surface area contributed by atoms with Crippen molar-refractivity contribution in [3.05, 3.63) is 94.0 Å². The predicted octanol–water partition coefficient (Wildman–Crippen LogP) is 6.37. The van der Waals surface area contributed by atoms with E-state index in [9.17, 15) is 4.79 Å². The Labute approximate surface area is 182 Å². The summed E-state index contributed by atoms with van der Waals surface area (Å²) < 4.78 is 0. The number of rotatable bonds is 8. The van der Waals surface area contributed by atoms with E-state index in [0.29, 0.717) is 35.2 Å². The largest absolute Gasteiger partial charge is 0.353 e. The molecule has 0 saturated heterocycles. The highest BCUT2D eigenvalue weighted by Crippen LogP contribution is 2.33. The molecule has 3 aromatic rings. The van der Waals surface area contributed by atoms with Crippen LogP contribution in [-0.4, -0.2) is 23.9 Å². The van der Waals surface area contributed by atoms with E-state index in [2.05, 4.69) is 17.4 Å². The van der Waals surface area contributed by atoms with Crippen LogP contribution in [0.25, 0.3) is 0 Å². The van der Waals surface area contributed by atoms with E-state index >= 15 is 0 Å². The third-order valence-corrected chi connectivity index (χ3v) is 5.46. The number of anilines is 2. The highest BCUT2D eigenvalue weighted by molar-refractivity contribution is 6.39. The van der Waals surface area contributed by atoms with Crippen LogP contribution in [0.1, 0.15) is 18.1 Å². The van der Waals surface area contributed by atoms with Gasteiger partial charge in [-0.3, -0.25) is 4.79 Å². The minimum absolute atomic E-state index is 0.0999. The second-order valence-electron chi connectivity index (χ2n) is 6.76. The smallest absolute Gasteiger partial charge is 0.227 e. The van der Waals surface area contributed by atoms with Gasteiger partial charge in [0, 0.05) is 18.8 Å². The second kappa shape index (κ2) is 10.3. The minimum atomic E-state index is 0.0999. The second-order valence-corrected chi connectivity index (χ2v) is 7.58. The van der Waals surface area contributed by atoms with Crippen LogP contribution >= 0.6 is 23.2 Å². The first-order chi connectivity index (χ1) is 14.1. The van der Waals surface area contributed by atoms with Gasteiger partial charge in [-0.05, 0) is 42.7 Å². The van der Waals surface area contributed by atoms with Crippen LogP contribution in [0.4, 0.5) is 11.4 Å². The topological polar surface area (TPSA) is 32.3 Å². The number of para-hydroxylation sites is 2. The van der Waals surface area contributed by atoms with Crippen molar-refractivity contribution < 1.29 is 4.79 Å².